The van der Waals surface area contributed by atoms with Crippen LogP contribution < -0.4 is 0 Å². The first-order chi connectivity index (χ1) is 8.36. The number of hydrogen-bond donors (Lipinski definition) is 1. The molecule has 0 aromatic heterocycles. The van der Waals surface area contributed by atoms with E-state index in [4.69, 9.17) is 0 Å². The third-order valence-corrected chi connectivity index (χ3v) is 3.39. The first-order valence-electron chi connectivity index (χ1n) is 7.36. The Hall–Kier alpha value is -0.560. The molecule has 0 heterocycles. The van der Waals surface area contributed by atoms with Crippen molar-refractivity contribution in [2.75, 3.05) is 0 Å². The molecule has 1 N–H and O–H groups in total. The number of hydrogen-bond acceptors (Lipinski definition) is 1. The van der Waals surface area contributed by atoms with E-state index in [9.17, 15) is 5.11 Å². The minimum Gasteiger partial charge on any atom is -0.393 e. The van der Waals surface area contributed by atoms with Crippen molar-refractivity contribution in [1.82, 2.24) is 0 Å². The number of allylic oxidation sites excluding steroid dienone is 3. The fraction of sp³-hybridized carbons (Fsp3) is 0.765. The molecule has 0 aromatic carbocycles. The Morgan fingerprint density at radius 1 is 1.11 bits per heavy atom. The van der Waals surface area contributed by atoms with Gasteiger partial charge in [0.1, 0.15) is 0 Å². The van der Waals surface area contributed by atoms with E-state index in [2.05, 4.69) is 46.8 Å². The SMILES string of the molecule is C/C=C/C(C)=C/C(C)C(O)CCC(C)CC(C)C. The van der Waals surface area contributed by atoms with E-state index < -0.39 is 0 Å². The van der Waals surface area contributed by atoms with Crippen LogP contribution in [0.3, 0.4) is 0 Å². The summed E-state index contributed by atoms with van der Waals surface area (Å²) in [4.78, 5) is 0. The van der Waals surface area contributed by atoms with Gasteiger partial charge in [0.05, 0.1) is 6.10 Å². The predicted octanol–water partition coefficient (Wildman–Crippen LogP) is 4.97. The van der Waals surface area contributed by atoms with Gasteiger partial charge >= 0.3 is 0 Å². The summed E-state index contributed by atoms with van der Waals surface area (Å²) in [6, 6.07) is 0. The van der Waals surface area contributed by atoms with Crippen LogP contribution in [0, 0.1) is 17.8 Å². The topological polar surface area (TPSA) is 20.2 Å². The van der Waals surface area contributed by atoms with Crippen molar-refractivity contribution >= 4 is 0 Å². The minimum absolute atomic E-state index is 0.209. The van der Waals surface area contributed by atoms with Gasteiger partial charge in [-0.05, 0) is 44.9 Å². The van der Waals surface area contributed by atoms with Crippen LogP contribution >= 0.6 is 0 Å². The third-order valence-electron chi connectivity index (χ3n) is 3.39. The minimum atomic E-state index is -0.209. The van der Waals surface area contributed by atoms with Gasteiger partial charge in [-0.25, -0.2) is 0 Å². The molecule has 0 saturated heterocycles. The second kappa shape index (κ2) is 9.38. The first-order valence-corrected chi connectivity index (χ1v) is 7.36. The summed E-state index contributed by atoms with van der Waals surface area (Å²) < 4.78 is 0. The van der Waals surface area contributed by atoms with Gasteiger partial charge in [-0.3, -0.25) is 0 Å². The Balaban J connectivity index is 4.08. The van der Waals surface area contributed by atoms with Crippen LogP contribution in [0.5, 0.6) is 0 Å². The lowest BCUT2D eigenvalue weighted by Gasteiger charge is -2.19. The number of aliphatic hydroxyl groups is 1. The van der Waals surface area contributed by atoms with E-state index in [1.807, 2.05) is 13.0 Å². The lowest BCUT2D eigenvalue weighted by molar-refractivity contribution is 0.119. The van der Waals surface area contributed by atoms with Crippen LogP contribution in [0.1, 0.15) is 60.8 Å². The fourth-order valence-electron chi connectivity index (χ4n) is 2.48. The molecule has 0 amide bonds. The average Bonchev–Trinajstić information content (AvgIpc) is 2.25. The summed E-state index contributed by atoms with van der Waals surface area (Å²) in [5, 5.41) is 10.1. The maximum atomic E-state index is 10.1. The van der Waals surface area contributed by atoms with Crippen molar-refractivity contribution in [3.8, 4) is 0 Å². The van der Waals surface area contributed by atoms with Crippen LogP contribution in [0.25, 0.3) is 0 Å². The summed E-state index contributed by atoms with van der Waals surface area (Å²) >= 11 is 0. The smallest absolute Gasteiger partial charge is 0.0600 e. The summed E-state index contributed by atoms with van der Waals surface area (Å²) in [6.45, 7) is 13.0. The molecular weight excluding hydrogens is 220 g/mol. The Morgan fingerprint density at radius 2 is 1.72 bits per heavy atom. The molecule has 3 atom stereocenters. The fourth-order valence-corrected chi connectivity index (χ4v) is 2.48. The molecule has 0 aliphatic heterocycles. The molecule has 0 saturated carbocycles. The molecule has 18 heavy (non-hydrogen) atoms. The maximum Gasteiger partial charge on any atom is 0.0600 e. The predicted molar refractivity (Wildman–Crippen MR) is 81.6 cm³/mol. The zero-order valence-corrected chi connectivity index (χ0v) is 13.1. The highest BCUT2D eigenvalue weighted by molar-refractivity contribution is 5.16. The van der Waals surface area contributed by atoms with Gasteiger partial charge < -0.3 is 5.11 Å². The highest BCUT2D eigenvalue weighted by Gasteiger charge is 2.14. The molecular formula is C17H32O. The molecule has 0 fully saturated rings. The molecule has 0 aliphatic carbocycles. The average molecular weight is 252 g/mol. The van der Waals surface area contributed by atoms with Crippen molar-refractivity contribution in [1.29, 1.82) is 0 Å². The molecule has 0 bridgehead atoms. The van der Waals surface area contributed by atoms with Crippen molar-refractivity contribution in [3.05, 3.63) is 23.8 Å². The van der Waals surface area contributed by atoms with Crippen molar-refractivity contribution < 1.29 is 5.11 Å². The van der Waals surface area contributed by atoms with E-state index in [-0.39, 0.29) is 12.0 Å². The molecule has 0 radical (unpaired) electrons. The molecule has 0 rings (SSSR count). The van der Waals surface area contributed by atoms with Gasteiger partial charge in [0, 0.05) is 5.92 Å². The lowest BCUT2D eigenvalue weighted by Crippen LogP contribution is -2.17. The summed E-state index contributed by atoms with van der Waals surface area (Å²) in [5.41, 5.74) is 1.24. The molecule has 3 unspecified atom stereocenters. The molecule has 0 aliphatic rings. The Morgan fingerprint density at radius 3 is 2.22 bits per heavy atom. The van der Waals surface area contributed by atoms with Gasteiger partial charge in [-0.1, -0.05) is 51.5 Å². The zero-order chi connectivity index (χ0) is 14.1. The van der Waals surface area contributed by atoms with Crippen LogP contribution in [0.2, 0.25) is 0 Å². The normalized spacial score (nSPS) is 18.3. The van der Waals surface area contributed by atoms with Crippen LogP contribution in [-0.4, -0.2) is 11.2 Å². The van der Waals surface area contributed by atoms with Crippen molar-refractivity contribution in [2.24, 2.45) is 17.8 Å². The molecule has 106 valence electrons. The largest absolute Gasteiger partial charge is 0.393 e. The number of aliphatic hydroxyl groups excluding tert-OH is 1. The van der Waals surface area contributed by atoms with Crippen LogP contribution in [0.4, 0.5) is 0 Å². The van der Waals surface area contributed by atoms with Crippen LogP contribution in [-0.2, 0) is 0 Å². The van der Waals surface area contributed by atoms with Crippen molar-refractivity contribution in [3.63, 3.8) is 0 Å². The monoisotopic (exact) mass is 252 g/mol. The zero-order valence-electron chi connectivity index (χ0n) is 13.1. The van der Waals surface area contributed by atoms with Crippen molar-refractivity contribution in [2.45, 2.75) is 66.9 Å². The van der Waals surface area contributed by atoms with E-state index in [1.54, 1.807) is 0 Å². The molecule has 0 spiro atoms. The Kier molecular flexibility index (Phi) is 9.09. The molecule has 1 heteroatoms. The quantitative estimate of drug-likeness (QED) is 0.605. The lowest BCUT2D eigenvalue weighted by atomic mass is 9.90. The molecule has 0 aromatic rings. The summed E-state index contributed by atoms with van der Waals surface area (Å²) in [7, 11) is 0. The maximum absolute atomic E-state index is 10.1. The van der Waals surface area contributed by atoms with Gasteiger partial charge in [0.2, 0.25) is 0 Å². The number of rotatable bonds is 8. The van der Waals surface area contributed by atoms with Gasteiger partial charge in [0.25, 0.3) is 0 Å². The van der Waals surface area contributed by atoms with E-state index in [1.165, 1.54) is 12.0 Å². The van der Waals surface area contributed by atoms with Gasteiger partial charge in [-0.15, -0.1) is 0 Å². The third kappa shape index (κ3) is 8.52. The second-order valence-electron chi connectivity index (χ2n) is 6.15. The highest BCUT2D eigenvalue weighted by atomic mass is 16.3. The standard InChI is InChI=1S/C17H32O/c1-7-8-14(4)12-16(6)17(18)10-9-15(5)11-13(2)3/h7-8,12-13,15-18H,9-11H2,1-6H3/b8-7+,14-12+. The Labute approximate surface area is 114 Å². The second-order valence-corrected chi connectivity index (χ2v) is 6.15. The molecule has 1 nitrogen and oxygen atoms in total. The van der Waals surface area contributed by atoms with E-state index in [0.717, 1.165) is 18.8 Å². The first kappa shape index (κ1) is 17.4. The van der Waals surface area contributed by atoms with Gasteiger partial charge in [0.15, 0.2) is 0 Å². The summed E-state index contributed by atoms with van der Waals surface area (Å²) in [5.74, 6) is 1.71. The van der Waals surface area contributed by atoms with Crippen LogP contribution in [0.15, 0.2) is 23.8 Å². The highest BCUT2D eigenvalue weighted by Crippen LogP contribution is 2.20. The van der Waals surface area contributed by atoms with E-state index >= 15 is 0 Å². The Bertz CT molecular complexity index is 263. The van der Waals surface area contributed by atoms with E-state index in [0.29, 0.717) is 5.92 Å². The summed E-state index contributed by atoms with van der Waals surface area (Å²) in [6.07, 6.45) is 9.38. The van der Waals surface area contributed by atoms with Gasteiger partial charge in [-0.2, -0.15) is 0 Å².